The van der Waals surface area contributed by atoms with Crippen molar-refractivity contribution in [1.29, 1.82) is 0 Å². The van der Waals surface area contributed by atoms with Crippen LogP contribution in [0.2, 0.25) is 0 Å². The molecule has 0 bridgehead atoms. The van der Waals surface area contributed by atoms with Crippen LogP contribution in [-0.2, 0) is 28.6 Å². The summed E-state index contributed by atoms with van der Waals surface area (Å²) >= 11 is 0. The van der Waals surface area contributed by atoms with Crippen molar-refractivity contribution in [3.63, 3.8) is 0 Å². The first-order valence-corrected chi connectivity index (χ1v) is 13.5. The Morgan fingerprint density at radius 3 is 1.45 bits per heavy atom. The van der Waals surface area contributed by atoms with E-state index < -0.39 is 0 Å². The molecule has 0 fully saturated rings. The zero-order valence-corrected chi connectivity index (χ0v) is 21.7. The molecule has 0 aliphatic heterocycles. The molecule has 1 atom stereocenters. The van der Waals surface area contributed by atoms with Crippen LogP contribution in [-0.4, -0.2) is 37.7 Å². The third-order valence-electron chi connectivity index (χ3n) is 5.73. The average molecular weight is 471 g/mol. The van der Waals surface area contributed by atoms with Crippen LogP contribution in [0.4, 0.5) is 0 Å². The maximum Gasteiger partial charge on any atom is 0.308 e. The van der Waals surface area contributed by atoms with Crippen molar-refractivity contribution in [3.05, 3.63) is 0 Å². The summed E-state index contributed by atoms with van der Waals surface area (Å²) in [6.07, 6.45) is 14.6. The van der Waals surface area contributed by atoms with Crippen LogP contribution >= 0.6 is 0 Å². The SMILES string of the molecule is CCCCCCOC(=O)CCCC(CCC(=O)OCCCCCC)C(=O)OCCCCCC. The minimum atomic E-state index is -0.388. The third kappa shape index (κ3) is 20.7. The fourth-order valence-electron chi connectivity index (χ4n) is 3.56. The lowest BCUT2D eigenvalue weighted by atomic mass is 9.96. The molecule has 0 radical (unpaired) electrons. The third-order valence-corrected chi connectivity index (χ3v) is 5.73. The Kier molecular flexibility index (Phi) is 22.4. The molecule has 0 aromatic rings. The quantitative estimate of drug-likeness (QED) is 0.0915. The molecule has 0 amide bonds. The van der Waals surface area contributed by atoms with Gasteiger partial charge < -0.3 is 14.2 Å². The normalized spacial score (nSPS) is 11.7. The van der Waals surface area contributed by atoms with E-state index in [2.05, 4.69) is 20.8 Å². The summed E-state index contributed by atoms with van der Waals surface area (Å²) in [6.45, 7) is 7.74. The number of carbonyl (C=O) groups is 3. The molecule has 0 aromatic carbocycles. The molecule has 0 aliphatic rings. The van der Waals surface area contributed by atoms with Crippen molar-refractivity contribution in [2.75, 3.05) is 19.8 Å². The highest BCUT2D eigenvalue weighted by Gasteiger charge is 2.22. The summed E-state index contributed by atoms with van der Waals surface area (Å²) in [5, 5.41) is 0. The maximum atomic E-state index is 12.6. The van der Waals surface area contributed by atoms with Crippen LogP contribution in [0.3, 0.4) is 0 Å². The van der Waals surface area contributed by atoms with E-state index in [1.54, 1.807) is 0 Å². The predicted octanol–water partition coefficient (Wildman–Crippen LogP) is 6.92. The van der Waals surface area contributed by atoms with E-state index >= 15 is 0 Å². The van der Waals surface area contributed by atoms with E-state index in [9.17, 15) is 14.4 Å². The molecular weight excluding hydrogens is 420 g/mol. The molecule has 0 aliphatic carbocycles. The molecule has 0 aromatic heterocycles. The number of ether oxygens (including phenoxy) is 3. The summed E-state index contributed by atoms with van der Waals surface area (Å²) in [4.78, 5) is 36.6. The molecule has 0 rings (SSSR count). The number of esters is 3. The van der Waals surface area contributed by atoms with Crippen molar-refractivity contribution >= 4 is 17.9 Å². The topological polar surface area (TPSA) is 78.9 Å². The monoisotopic (exact) mass is 470 g/mol. The lowest BCUT2D eigenvalue weighted by Gasteiger charge is -2.16. The van der Waals surface area contributed by atoms with Gasteiger partial charge in [0.15, 0.2) is 0 Å². The first kappa shape index (κ1) is 31.4. The van der Waals surface area contributed by atoms with Crippen molar-refractivity contribution in [2.45, 2.75) is 130 Å². The number of carbonyl (C=O) groups excluding carboxylic acids is 3. The fourth-order valence-corrected chi connectivity index (χ4v) is 3.56. The summed E-state index contributed by atoms with van der Waals surface area (Å²) in [5.74, 6) is -1.14. The van der Waals surface area contributed by atoms with Gasteiger partial charge in [0, 0.05) is 12.8 Å². The van der Waals surface area contributed by atoms with E-state index in [0.717, 1.165) is 77.0 Å². The van der Waals surface area contributed by atoms with Gasteiger partial charge in [0.2, 0.25) is 0 Å². The molecule has 0 heterocycles. The van der Waals surface area contributed by atoms with Crippen LogP contribution in [0.15, 0.2) is 0 Å². The Labute approximate surface area is 202 Å². The van der Waals surface area contributed by atoms with E-state index in [4.69, 9.17) is 14.2 Å². The molecular formula is C27H50O6. The van der Waals surface area contributed by atoms with E-state index in [1.807, 2.05) is 0 Å². The summed E-state index contributed by atoms with van der Waals surface area (Å²) in [7, 11) is 0. The Hall–Kier alpha value is -1.59. The molecule has 0 N–H and O–H groups in total. The number of unbranched alkanes of at least 4 members (excludes halogenated alkanes) is 9. The predicted molar refractivity (Wildman–Crippen MR) is 132 cm³/mol. The summed E-state index contributed by atoms with van der Waals surface area (Å²) in [6, 6.07) is 0. The van der Waals surface area contributed by atoms with Crippen molar-refractivity contribution in [2.24, 2.45) is 5.92 Å². The largest absolute Gasteiger partial charge is 0.466 e. The Morgan fingerprint density at radius 1 is 0.515 bits per heavy atom. The highest BCUT2D eigenvalue weighted by atomic mass is 16.5. The first-order chi connectivity index (χ1) is 16.0. The fraction of sp³-hybridized carbons (Fsp3) is 0.889. The second-order valence-electron chi connectivity index (χ2n) is 8.92. The van der Waals surface area contributed by atoms with E-state index in [0.29, 0.717) is 39.1 Å². The molecule has 1 unspecified atom stereocenters. The summed E-state index contributed by atoms with van der Waals surface area (Å²) in [5.41, 5.74) is 0. The molecule has 0 spiro atoms. The van der Waals surface area contributed by atoms with Gasteiger partial charge in [-0.05, 0) is 38.5 Å². The average Bonchev–Trinajstić information content (AvgIpc) is 2.80. The van der Waals surface area contributed by atoms with Crippen LogP contribution < -0.4 is 0 Å². The van der Waals surface area contributed by atoms with Gasteiger partial charge in [-0.2, -0.15) is 0 Å². The molecule has 0 saturated carbocycles. The van der Waals surface area contributed by atoms with Gasteiger partial charge in [-0.25, -0.2) is 0 Å². The van der Waals surface area contributed by atoms with Crippen LogP contribution in [0.5, 0.6) is 0 Å². The van der Waals surface area contributed by atoms with Crippen LogP contribution in [0.1, 0.15) is 130 Å². The van der Waals surface area contributed by atoms with Gasteiger partial charge in [0.05, 0.1) is 25.7 Å². The lowest BCUT2D eigenvalue weighted by Crippen LogP contribution is -2.21. The Balaban J connectivity index is 4.34. The minimum Gasteiger partial charge on any atom is -0.466 e. The van der Waals surface area contributed by atoms with Crippen LogP contribution in [0, 0.1) is 5.92 Å². The van der Waals surface area contributed by atoms with E-state index in [1.165, 1.54) is 0 Å². The zero-order valence-electron chi connectivity index (χ0n) is 21.7. The van der Waals surface area contributed by atoms with Gasteiger partial charge >= 0.3 is 17.9 Å². The Morgan fingerprint density at radius 2 is 0.970 bits per heavy atom. The van der Waals surface area contributed by atoms with Crippen molar-refractivity contribution in [3.8, 4) is 0 Å². The highest BCUT2D eigenvalue weighted by Crippen LogP contribution is 2.18. The maximum absolute atomic E-state index is 12.6. The van der Waals surface area contributed by atoms with Gasteiger partial charge in [-0.1, -0.05) is 78.6 Å². The number of hydrogen-bond donors (Lipinski definition) is 0. The molecule has 6 nitrogen and oxygen atoms in total. The van der Waals surface area contributed by atoms with Gasteiger partial charge in [0.25, 0.3) is 0 Å². The highest BCUT2D eigenvalue weighted by molar-refractivity contribution is 5.74. The number of rotatable bonds is 23. The van der Waals surface area contributed by atoms with Gasteiger partial charge in [-0.3, -0.25) is 14.4 Å². The first-order valence-electron chi connectivity index (χ1n) is 13.5. The molecule has 194 valence electrons. The minimum absolute atomic E-state index is 0.200. The Bertz CT molecular complexity index is 491. The van der Waals surface area contributed by atoms with Crippen molar-refractivity contribution < 1.29 is 28.6 Å². The second kappa shape index (κ2) is 23.6. The molecule has 33 heavy (non-hydrogen) atoms. The lowest BCUT2D eigenvalue weighted by molar-refractivity contribution is -0.151. The smallest absolute Gasteiger partial charge is 0.308 e. The number of hydrogen-bond acceptors (Lipinski definition) is 6. The summed E-state index contributed by atoms with van der Waals surface area (Å²) < 4.78 is 16.0. The zero-order chi connectivity index (χ0) is 24.6. The van der Waals surface area contributed by atoms with Crippen molar-refractivity contribution in [1.82, 2.24) is 0 Å². The second-order valence-corrected chi connectivity index (χ2v) is 8.92. The van der Waals surface area contributed by atoms with E-state index in [-0.39, 0.29) is 36.7 Å². The molecule has 6 heteroatoms. The standard InChI is InChI=1S/C27H50O6/c1-4-7-10-13-21-31-25(28)18-16-17-24(27(30)33-23-15-12-9-6-3)19-20-26(29)32-22-14-11-8-5-2/h24H,4-23H2,1-3H3. The van der Waals surface area contributed by atoms with Gasteiger partial charge in [0.1, 0.15) is 0 Å². The molecule has 0 saturated heterocycles. The van der Waals surface area contributed by atoms with Crippen LogP contribution in [0.25, 0.3) is 0 Å². The van der Waals surface area contributed by atoms with Gasteiger partial charge in [-0.15, -0.1) is 0 Å².